The van der Waals surface area contributed by atoms with E-state index >= 15 is 0 Å². The molecule has 0 radical (unpaired) electrons. The van der Waals surface area contributed by atoms with Gasteiger partial charge in [-0.15, -0.1) is 0 Å². The molecule has 44 heavy (non-hydrogen) atoms. The second-order valence-electron chi connectivity index (χ2n) is 12.1. The van der Waals surface area contributed by atoms with Gasteiger partial charge in [-0.1, -0.05) is 129 Å². The zero-order valence-corrected chi connectivity index (χ0v) is 29.0. The maximum atomic E-state index is 12.4. The number of unbranched alkanes of at least 4 members (excludes halogenated alkanes) is 18. The van der Waals surface area contributed by atoms with Crippen LogP contribution in [0.1, 0.15) is 167 Å². The molecule has 0 fully saturated rings. The first kappa shape index (κ1) is 39.8. The fourth-order valence-corrected chi connectivity index (χ4v) is 5.47. The van der Waals surface area contributed by atoms with Crippen LogP contribution in [-0.2, 0) is 31.9 Å². The van der Waals surface area contributed by atoms with Gasteiger partial charge < -0.3 is 18.9 Å². The quantitative estimate of drug-likeness (QED) is 0.0631. The lowest BCUT2D eigenvalue weighted by molar-refractivity contribution is -0.143. The lowest BCUT2D eigenvalue weighted by Crippen LogP contribution is -2.13. The summed E-state index contributed by atoms with van der Waals surface area (Å²) in [5.41, 5.74) is 1.47. The number of esters is 2. The van der Waals surface area contributed by atoms with Gasteiger partial charge in [-0.2, -0.15) is 0 Å². The van der Waals surface area contributed by atoms with E-state index in [-0.39, 0.29) is 24.8 Å². The summed E-state index contributed by atoms with van der Waals surface area (Å²) in [6, 6.07) is 3.74. The van der Waals surface area contributed by atoms with Crippen LogP contribution in [-0.4, -0.2) is 38.4 Å². The first-order valence-corrected chi connectivity index (χ1v) is 18.3. The number of hydrogen-bond donors (Lipinski definition) is 0. The largest absolute Gasteiger partial charge is 0.493 e. The SMILES string of the molecule is CCCCCCCCCCCCOc1cc(CC(=O)OCC)c(OCCCCCCCCCCCC)cc1CC(=O)OCC. The van der Waals surface area contributed by atoms with E-state index < -0.39 is 0 Å². The third kappa shape index (κ3) is 20.7. The molecule has 0 atom stereocenters. The molecule has 0 aliphatic heterocycles. The highest BCUT2D eigenvalue weighted by Crippen LogP contribution is 2.31. The van der Waals surface area contributed by atoms with E-state index in [0.717, 1.165) is 36.8 Å². The number of hydrogen-bond acceptors (Lipinski definition) is 6. The molecule has 0 unspecified atom stereocenters. The summed E-state index contributed by atoms with van der Waals surface area (Å²) >= 11 is 0. The van der Waals surface area contributed by atoms with Crippen LogP contribution in [0.2, 0.25) is 0 Å². The van der Waals surface area contributed by atoms with Crippen molar-refractivity contribution in [1.29, 1.82) is 0 Å². The topological polar surface area (TPSA) is 71.1 Å². The fourth-order valence-electron chi connectivity index (χ4n) is 5.47. The van der Waals surface area contributed by atoms with Gasteiger partial charge in [-0.3, -0.25) is 9.59 Å². The standard InChI is InChI=1S/C38H66O6/c1-5-9-11-13-15-17-19-21-23-25-27-43-35-29-34(32-38(40)42-8-4)36(30-33(35)31-37(39)41-7-3)44-28-26-24-22-20-18-16-14-12-10-6-2/h29-30H,5-28,31-32H2,1-4H3. The van der Waals surface area contributed by atoms with E-state index in [2.05, 4.69) is 13.8 Å². The molecule has 6 heteroatoms. The number of benzene rings is 1. The third-order valence-corrected chi connectivity index (χ3v) is 8.03. The molecule has 1 aromatic carbocycles. The Labute approximate surface area is 270 Å². The Kier molecular flexibility index (Phi) is 25.5. The Morgan fingerprint density at radius 2 is 0.750 bits per heavy atom. The van der Waals surface area contributed by atoms with Gasteiger partial charge in [0.2, 0.25) is 0 Å². The van der Waals surface area contributed by atoms with Crippen molar-refractivity contribution in [3.05, 3.63) is 23.3 Å². The Morgan fingerprint density at radius 3 is 1.05 bits per heavy atom. The molecule has 0 amide bonds. The number of rotatable bonds is 30. The second-order valence-corrected chi connectivity index (χ2v) is 12.1. The summed E-state index contributed by atoms with van der Waals surface area (Å²) in [7, 11) is 0. The van der Waals surface area contributed by atoms with Crippen LogP contribution in [0.25, 0.3) is 0 Å². The van der Waals surface area contributed by atoms with Gasteiger partial charge in [0.15, 0.2) is 0 Å². The molecule has 0 saturated heterocycles. The van der Waals surface area contributed by atoms with Crippen molar-refractivity contribution in [1.82, 2.24) is 0 Å². The molecule has 0 spiro atoms. The van der Waals surface area contributed by atoms with Crippen molar-refractivity contribution in [2.75, 3.05) is 26.4 Å². The van der Waals surface area contributed by atoms with Crippen molar-refractivity contribution in [3.8, 4) is 11.5 Å². The number of carbonyl (C=O) groups is 2. The molecule has 0 aliphatic carbocycles. The molecule has 6 nitrogen and oxygen atoms in total. The normalized spacial score (nSPS) is 11.0. The highest BCUT2D eigenvalue weighted by atomic mass is 16.5. The second kappa shape index (κ2) is 28.2. The zero-order valence-electron chi connectivity index (χ0n) is 29.0. The first-order chi connectivity index (χ1) is 21.5. The molecule has 0 saturated carbocycles. The van der Waals surface area contributed by atoms with E-state index in [0.29, 0.717) is 37.9 Å². The van der Waals surface area contributed by atoms with Gasteiger partial charge >= 0.3 is 11.9 Å². The van der Waals surface area contributed by atoms with Crippen LogP contribution < -0.4 is 9.47 Å². The monoisotopic (exact) mass is 618 g/mol. The van der Waals surface area contributed by atoms with Gasteiger partial charge in [-0.05, 0) is 38.8 Å². The molecule has 0 N–H and O–H groups in total. The van der Waals surface area contributed by atoms with Gasteiger partial charge in [0.1, 0.15) is 11.5 Å². The third-order valence-electron chi connectivity index (χ3n) is 8.03. The molecule has 1 rings (SSSR count). The number of carbonyl (C=O) groups excluding carboxylic acids is 2. The van der Waals surface area contributed by atoms with Crippen LogP contribution in [0.15, 0.2) is 12.1 Å². The minimum absolute atomic E-state index is 0.107. The van der Waals surface area contributed by atoms with Gasteiger partial charge in [0, 0.05) is 11.1 Å². The molecule has 0 heterocycles. The summed E-state index contributed by atoms with van der Waals surface area (Å²) in [6.07, 6.45) is 25.4. The van der Waals surface area contributed by atoms with Crippen molar-refractivity contribution in [2.24, 2.45) is 0 Å². The highest BCUT2D eigenvalue weighted by Gasteiger charge is 2.18. The van der Waals surface area contributed by atoms with E-state index in [1.54, 1.807) is 0 Å². The van der Waals surface area contributed by atoms with E-state index in [1.807, 2.05) is 26.0 Å². The Morgan fingerprint density at radius 1 is 0.455 bits per heavy atom. The Balaban J connectivity index is 2.72. The van der Waals surface area contributed by atoms with E-state index in [4.69, 9.17) is 18.9 Å². The maximum absolute atomic E-state index is 12.4. The molecule has 0 aliphatic rings. The molecule has 254 valence electrons. The lowest BCUT2D eigenvalue weighted by atomic mass is 10.0. The molecule has 0 bridgehead atoms. The number of ether oxygens (including phenoxy) is 4. The van der Waals surface area contributed by atoms with Gasteiger partial charge in [0.25, 0.3) is 0 Å². The Bertz CT molecular complexity index is 782. The zero-order chi connectivity index (χ0) is 32.1. The van der Waals surface area contributed by atoms with E-state index in [1.165, 1.54) is 103 Å². The van der Waals surface area contributed by atoms with Gasteiger partial charge in [0.05, 0.1) is 39.3 Å². The van der Waals surface area contributed by atoms with Crippen molar-refractivity contribution in [2.45, 2.75) is 169 Å². The molecular formula is C38H66O6. The molecule has 0 aromatic heterocycles. The summed E-state index contributed by atoms with van der Waals surface area (Å²) in [5.74, 6) is 0.657. The summed E-state index contributed by atoms with van der Waals surface area (Å²) < 4.78 is 22.9. The van der Waals surface area contributed by atoms with Crippen molar-refractivity contribution in [3.63, 3.8) is 0 Å². The first-order valence-electron chi connectivity index (χ1n) is 18.3. The Hall–Kier alpha value is -2.24. The van der Waals surface area contributed by atoms with Crippen LogP contribution in [0.3, 0.4) is 0 Å². The van der Waals surface area contributed by atoms with Crippen LogP contribution in [0, 0.1) is 0 Å². The van der Waals surface area contributed by atoms with Crippen LogP contribution in [0.4, 0.5) is 0 Å². The fraction of sp³-hybridized carbons (Fsp3) is 0.789. The average molecular weight is 619 g/mol. The van der Waals surface area contributed by atoms with Crippen molar-refractivity contribution < 1.29 is 28.5 Å². The predicted octanol–water partition coefficient (Wildman–Crippen LogP) is 10.5. The maximum Gasteiger partial charge on any atom is 0.310 e. The predicted molar refractivity (Wildman–Crippen MR) is 182 cm³/mol. The smallest absolute Gasteiger partial charge is 0.310 e. The summed E-state index contributed by atoms with van der Waals surface area (Å²) in [4.78, 5) is 24.9. The molecular weight excluding hydrogens is 552 g/mol. The minimum Gasteiger partial charge on any atom is -0.493 e. The van der Waals surface area contributed by atoms with E-state index in [9.17, 15) is 9.59 Å². The average Bonchev–Trinajstić information content (AvgIpc) is 3.00. The highest BCUT2D eigenvalue weighted by molar-refractivity contribution is 5.76. The van der Waals surface area contributed by atoms with Crippen LogP contribution >= 0.6 is 0 Å². The minimum atomic E-state index is -0.296. The molecule has 1 aromatic rings. The summed E-state index contributed by atoms with van der Waals surface area (Å²) in [6.45, 7) is 9.94. The van der Waals surface area contributed by atoms with Crippen molar-refractivity contribution >= 4 is 11.9 Å². The lowest BCUT2D eigenvalue weighted by Gasteiger charge is -2.18. The van der Waals surface area contributed by atoms with Crippen LogP contribution in [0.5, 0.6) is 11.5 Å². The summed E-state index contributed by atoms with van der Waals surface area (Å²) in [5, 5.41) is 0. The van der Waals surface area contributed by atoms with Gasteiger partial charge in [-0.25, -0.2) is 0 Å².